The maximum atomic E-state index is 13.1. The van der Waals surface area contributed by atoms with Crippen LogP contribution in [-0.2, 0) is 9.59 Å². The number of hydroxylamine groups is 1. The highest BCUT2D eigenvalue weighted by Crippen LogP contribution is 2.27. The summed E-state index contributed by atoms with van der Waals surface area (Å²) < 4.78 is 13.1. The minimum absolute atomic E-state index is 0. The fourth-order valence-corrected chi connectivity index (χ4v) is 3.30. The molecule has 0 radical (unpaired) electrons. The first-order valence-electron chi connectivity index (χ1n) is 9.37. The van der Waals surface area contributed by atoms with Crippen LogP contribution in [0.5, 0.6) is 0 Å². The lowest BCUT2D eigenvalue weighted by molar-refractivity contribution is -0.127. The molecule has 2 aromatic rings. The summed E-state index contributed by atoms with van der Waals surface area (Å²) in [5.41, 5.74) is 3.66. The van der Waals surface area contributed by atoms with Crippen molar-refractivity contribution in [1.82, 2.24) is 15.4 Å². The Morgan fingerprint density at radius 1 is 1.10 bits per heavy atom. The number of carbonyl (C=O) groups excluding carboxylic acids is 2. The smallest absolute Gasteiger partial charge is 0.267 e. The Hall–Kier alpha value is -3.03. The largest absolute Gasteiger partial charge is 0.339 e. The molecular weight excluding hydrogens is 409 g/mol. The van der Waals surface area contributed by atoms with Crippen molar-refractivity contribution in [3.63, 3.8) is 0 Å². The summed E-state index contributed by atoms with van der Waals surface area (Å²) in [6, 6.07) is 11.7. The monoisotopic (exact) mass is 431 g/mol. The second-order valence-corrected chi connectivity index (χ2v) is 6.80. The number of hydrogen-bond donors (Lipinski definition) is 2. The molecule has 2 N–H and O–H groups in total. The molecule has 1 aromatic heterocycles. The van der Waals surface area contributed by atoms with Crippen LogP contribution in [0.1, 0.15) is 35.7 Å². The van der Waals surface area contributed by atoms with Crippen LogP contribution in [0.4, 0.5) is 4.39 Å². The number of aromatic nitrogens is 1. The van der Waals surface area contributed by atoms with Crippen LogP contribution >= 0.6 is 12.4 Å². The number of rotatable bonds is 5. The second-order valence-electron chi connectivity index (χ2n) is 6.80. The van der Waals surface area contributed by atoms with Gasteiger partial charge in [0.1, 0.15) is 5.82 Å². The predicted molar refractivity (Wildman–Crippen MR) is 114 cm³/mol. The lowest BCUT2D eigenvalue weighted by atomic mass is 9.90. The molecule has 0 spiro atoms. The van der Waals surface area contributed by atoms with Gasteiger partial charge in [-0.15, -0.1) is 12.4 Å². The molecule has 0 aliphatic carbocycles. The molecule has 1 aromatic carbocycles. The van der Waals surface area contributed by atoms with Crippen molar-refractivity contribution in [3.05, 3.63) is 77.4 Å². The topological polar surface area (TPSA) is 82.5 Å². The van der Waals surface area contributed by atoms with Gasteiger partial charge in [-0.3, -0.25) is 14.8 Å². The number of nitrogens with one attached hydrogen (secondary N) is 1. The first-order chi connectivity index (χ1) is 14.0. The highest BCUT2D eigenvalue weighted by Gasteiger charge is 2.23. The molecule has 1 atom stereocenters. The summed E-state index contributed by atoms with van der Waals surface area (Å²) in [6.45, 7) is 1.29. The third kappa shape index (κ3) is 6.50. The molecule has 0 bridgehead atoms. The summed E-state index contributed by atoms with van der Waals surface area (Å²) >= 11 is 0. The summed E-state index contributed by atoms with van der Waals surface area (Å²) in [4.78, 5) is 29.8. The number of benzene rings is 1. The van der Waals surface area contributed by atoms with E-state index in [1.807, 2.05) is 0 Å². The molecule has 2 heterocycles. The Labute approximate surface area is 180 Å². The number of likely N-dealkylation sites (tertiary alicyclic amines) is 1. The van der Waals surface area contributed by atoms with E-state index in [9.17, 15) is 14.0 Å². The predicted octanol–water partition coefficient (Wildman–Crippen LogP) is 3.58. The molecule has 158 valence electrons. The van der Waals surface area contributed by atoms with Gasteiger partial charge in [0.05, 0.1) is 11.4 Å². The lowest BCUT2D eigenvalue weighted by Crippen LogP contribution is -2.38. The standard InChI is InChI=1S/C22H22FN3O3.ClH/c23-18-8-6-16(7-9-18)17-3-2-14-26(15-17)22(28)13-11-20-5-1-4-19(24-20)10-12-21(27)25-29;/h1,4-13,17,29H,2-3,14-15H2,(H,25,27);1H/b12-10+,13-11+;. The normalized spacial score (nSPS) is 16.5. The fourth-order valence-electron chi connectivity index (χ4n) is 3.30. The maximum Gasteiger partial charge on any atom is 0.267 e. The number of nitrogens with zero attached hydrogens (tertiary/aromatic N) is 2. The average Bonchev–Trinajstić information content (AvgIpc) is 2.76. The van der Waals surface area contributed by atoms with Crippen LogP contribution in [0, 0.1) is 5.82 Å². The molecule has 1 saturated heterocycles. The fraction of sp³-hybridized carbons (Fsp3) is 0.227. The van der Waals surface area contributed by atoms with Crippen LogP contribution in [0.25, 0.3) is 12.2 Å². The highest BCUT2D eigenvalue weighted by molar-refractivity contribution is 5.92. The Morgan fingerprint density at radius 2 is 1.77 bits per heavy atom. The van der Waals surface area contributed by atoms with E-state index in [1.165, 1.54) is 29.8 Å². The Balaban J connectivity index is 0.00000320. The number of pyridine rings is 1. The molecule has 1 aliphatic heterocycles. The van der Waals surface area contributed by atoms with Crippen LogP contribution in [0.2, 0.25) is 0 Å². The third-order valence-electron chi connectivity index (χ3n) is 4.78. The number of halogens is 2. The molecule has 2 amide bonds. The zero-order valence-corrected chi connectivity index (χ0v) is 17.0. The molecule has 1 fully saturated rings. The molecule has 3 rings (SSSR count). The van der Waals surface area contributed by atoms with E-state index < -0.39 is 5.91 Å². The van der Waals surface area contributed by atoms with E-state index >= 15 is 0 Å². The maximum absolute atomic E-state index is 13.1. The van der Waals surface area contributed by atoms with Crippen molar-refractivity contribution in [2.45, 2.75) is 18.8 Å². The number of piperidine rings is 1. The van der Waals surface area contributed by atoms with Gasteiger partial charge in [-0.2, -0.15) is 0 Å². The first kappa shape index (κ1) is 23.3. The van der Waals surface area contributed by atoms with Gasteiger partial charge in [0.25, 0.3) is 5.91 Å². The van der Waals surface area contributed by atoms with Gasteiger partial charge in [-0.1, -0.05) is 18.2 Å². The summed E-state index contributed by atoms with van der Waals surface area (Å²) in [5.74, 6) is -0.809. The van der Waals surface area contributed by atoms with Crippen molar-refractivity contribution in [1.29, 1.82) is 0 Å². The van der Waals surface area contributed by atoms with Gasteiger partial charge < -0.3 is 4.90 Å². The zero-order valence-electron chi connectivity index (χ0n) is 16.2. The zero-order chi connectivity index (χ0) is 20.6. The lowest BCUT2D eigenvalue weighted by Gasteiger charge is -2.32. The van der Waals surface area contributed by atoms with Gasteiger partial charge in [-0.05, 0) is 54.8 Å². The first-order valence-corrected chi connectivity index (χ1v) is 9.37. The number of hydrogen-bond acceptors (Lipinski definition) is 4. The highest BCUT2D eigenvalue weighted by atomic mass is 35.5. The second kappa shape index (κ2) is 11.2. The molecule has 1 unspecified atom stereocenters. The third-order valence-corrected chi connectivity index (χ3v) is 4.78. The minimum Gasteiger partial charge on any atom is -0.339 e. The quantitative estimate of drug-likeness (QED) is 0.430. The van der Waals surface area contributed by atoms with E-state index in [0.717, 1.165) is 24.5 Å². The van der Waals surface area contributed by atoms with E-state index in [-0.39, 0.29) is 30.0 Å². The van der Waals surface area contributed by atoms with E-state index in [4.69, 9.17) is 5.21 Å². The molecular formula is C22H23ClFN3O3. The van der Waals surface area contributed by atoms with E-state index in [0.29, 0.717) is 24.5 Å². The van der Waals surface area contributed by atoms with Crippen molar-refractivity contribution in [2.75, 3.05) is 13.1 Å². The summed E-state index contributed by atoms with van der Waals surface area (Å²) in [5, 5.41) is 8.50. The van der Waals surface area contributed by atoms with Gasteiger partial charge in [0, 0.05) is 31.2 Å². The van der Waals surface area contributed by atoms with Crippen LogP contribution < -0.4 is 5.48 Å². The van der Waals surface area contributed by atoms with Crippen molar-refractivity contribution in [3.8, 4) is 0 Å². The molecule has 30 heavy (non-hydrogen) atoms. The van der Waals surface area contributed by atoms with Gasteiger partial charge in [0.2, 0.25) is 5.91 Å². The SMILES string of the molecule is Cl.O=C(/C=C/c1cccc(/C=C/C(=O)N2CCCC(c3ccc(F)cc3)C2)n1)NO. The number of carbonyl (C=O) groups is 2. The molecule has 6 nitrogen and oxygen atoms in total. The summed E-state index contributed by atoms with van der Waals surface area (Å²) in [6.07, 6.45) is 7.60. The Bertz CT molecular complexity index is 931. The van der Waals surface area contributed by atoms with Gasteiger partial charge in [0.15, 0.2) is 0 Å². The van der Waals surface area contributed by atoms with E-state index in [1.54, 1.807) is 41.3 Å². The Morgan fingerprint density at radius 3 is 2.43 bits per heavy atom. The van der Waals surface area contributed by atoms with Crippen LogP contribution in [0.3, 0.4) is 0 Å². The van der Waals surface area contributed by atoms with Gasteiger partial charge >= 0.3 is 0 Å². The Kier molecular flexibility index (Phi) is 8.70. The average molecular weight is 432 g/mol. The van der Waals surface area contributed by atoms with Gasteiger partial charge in [-0.25, -0.2) is 14.9 Å². The summed E-state index contributed by atoms with van der Waals surface area (Å²) in [7, 11) is 0. The van der Waals surface area contributed by atoms with Crippen molar-refractivity contribution in [2.24, 2.45) is 0 Å². The van der Waals surface area contributed by atoms with Crippen molar-refractivity contribution < 1.29 is 19.2 Å². The van der Waals surface area contributed by atoms with Crippen LogP contribution in [-0.4, -0.2) is 40.0 Å². The molecule has 8 heteroatoms. The van der Waals surface area contributed by atoms with Crippen molar-refractivity contribution >= 4 is 36.4 Å². The van der Waals surface area contributed by atoms with E-state index in [2.05, 4.69) is 4.98 Å². The molecule has 1 aliphatic rings. The molecule has 0 saturated carbocycles. The van der Waals surface area contributed by atoms with Crippen LogP contribution in [0.15, 0.2) is 54.6 Å². The number of amides is 2. The minimum atomic E-state index is -0.649.